The molecule has 0 heterocycles. The molecule has 7 nitrogen and oxygen atoms in total. The van der Waals surface area contributed by atoms with E-state index in [9.17, 15) is 9.59 Å². The topological polar surface area (TPSA) is 85.9 Å². The van der Waals surface area contributed by atoms with Gasteiger partial charge in [-0.3, -0.25) is 9.59 Å². The van der Waals surface area contributed by atoms with Gasteiger partial charge in [-0.1, -0.05) is 20.3 Å². The number of nitrogens with one attached hydrogen (secondary N) is 2. The standard InChI is InChI=1S/C16H32N2O5/c1-3-5-6-16(20)18-8-10-22-12-14-23-13-11-21-9-7-17-15(19)4-2/h3-14H2,1-2H3,(H,17,19)(H,18,20). The van der Waals surface area contributed by atoms with Crippen LogP contribution in [0.15, 0.2) is 0 Å². The summed E-state index contributed by atoms with van der Waals surface area (Å²) in [7, 11) is 0. The maximum Gasteiger partial charge on any atom is 0.220 e. The molecular weight excluding hydrogens is 300 g/mol. The molecule has 136 valence electrons. The Hall–Kier alpha value is -1.18. The predicted octanol–water partition coefficient (Wildman–Crippen LogP) is 0.869. The lowest BCUT2D eigenvalue weighted by atomic mass is 10.2. The molecule has 0 aliphatic rings. The molecule has 0 aromatic heterocycles. The highest BCUT2D eigenvalue weighted by molar-refractivity contribution is 5.75. The normalized spacial score (nSPS) is 10.5. The number of hydrogen-bond donors (Lipinski definition) is 2. The van der Waals surface area contributed by atoms with Gasteiger partial charge in [0.15, 0.2) is 0 Å². The third-order valence-electron chi connectivity index (χ3n) is 2.96. The fourth-order valence-electron chi connectivity index (χ4n) is 1.62. The first-order valence-corrected chi connectivity index (χ1v) is 8.47. The van der Waals surface area contributed by atoms with Crippen molar-refractivity contribution < 1.29 is 23.8 Å². The van der Waals surface area contributed by atoms with E-state index in [0.29, 0.717) is 65.6 Å². The van der Waals surface area contributed by atoms with Gasteiger partial charge in [-0.15, -0.1) is 0 Å². The first-order chi connectivity index (χ1) is 11.2. The molecule has 0 fully saturated rings. The van der Waals surface area contributed by atoms with Gasteiger partial charge in [-0.2, -0.15) is 0 Å². The van der Waals surface area contributed by atoms with Crippen molar-refractivity contribution in [2.45, 2.75) is 39.5 Å². The quantitative estimate of drug-likeness (QED) is 0.410. The van der Waals surface area contributed by atoms with Crippen molar-refractivity contribution in [3.05, 3.63) is 0 Å². The van der Waals surface area contributed by atoms with Crippen molar-refractivity contribution >= 4 is 11.8 Å². The van der Waals surface area contributed by atoms with E-state index in [1.54, 1.807) is 0 Å². The summed E-state index contributed by atoms with van der Waals surface area (Å²) in [4.78, 5) is 22.3. The van der Waals surface area contributed by atoms with Crippen LogP contribution >= 0.6 is 0 Å². The van der Waals surface area contributed by atoms with Gasteiger partial charge in [0.25, 0.3) is 0 Å². The molecule has 0 saturated carbocycles. The lowest BCUT2D eigenvalue weighted by Crippen LogP contribution is -2.27. The largest absolute Gasteiger partial charge is 0.377 e. The van der Waals surface area contributed by atoms with Crippen LogP contribution in [-0.2, 0) is 23.8 Å². The number of rotatable bonds is 16. The number of carbonyl (C=O) groups is 2. The molecule has 0 rings (SSSR count). The van der Waals surface area contributed by atoms with Gasteiger partial charge in [0, 0.05) is 25.9 Å². The molecule has 23 heavy (non-hydrogen) atoms. The number of amides is 2. The van der Waals surface area contributed by atoms with Gasteiger partial charge >= 0.3 is 0 Å². The van der Waals surface area contributed by atoms with E-state index in [-0.39, 0.29) is 11.8 Å². The summed E-state index contributed by atoms with van der Waals surface area (Å²) in [6, 6.07) is 0. The Morgan fingerprint density at radius 1 is 0.739 bits per heavy atom. The molecule has 0 bridgehead atoms. The predicted molar refractivity (Wildman–Crippen MR) is 88.3 cm³/mol. The van der Waals surface area contributed by atoms with Crippen LogP contribution < -0.4 is 10.6 Å². The molecule has 0 aromatic rings. The molecule has 0 unspecified atom stereocenters. The van der Waals surface area contributed by atoms with E-state index in [1.807, 2.05) is 6.92 Å². The minimum absolute atomic E-state index is 0.0311. The van der Waals surface area contributed by atoms with Gasteiger partial charge in [-0.25, -0.2) is 0 Å². The average molecular weight is 332 g/mol. The Balaban J connectivity index is 3.10. The SMILES string of the molecule is CCCCC(=O)NCCOCCOCCOCCNC(=O)CC. The zero-order valence-electron chi connectivity index (χ0n) is 14.5. The Kier molecular flexibility index (Phi) is 16.3. The van der Waals surface area contributed by atoms with Gasteiger partial charge < -0.3 is 24.8 Å². The minimum Gasteiger partial charge on any atom is -0.377 e. The van der Waals surface area contributed by atoms with Crippen LogP contribution in [0, 0.1) is 0 Å². The first-order valence-electron chi connectivity index (χ1n) is 8.47. The third kappa shape index (κ3) is 17.0. The molecule has 0 aromatic carbocycles. The summed E-state index contributed by atoms with van der Waals surface area (Å²) in [6.45, 7) is 7.91. The lowest BCUT2D eigenvalue weighted by molar-refractivity contribution is -0.122. The number of carbonyl (C=O) groups excluding carboxylic acids is 2. The van der Waals surface area contributed by atoms with E-state index in [1.165, 1.54) is 0 Å². The summed E-state index contributed by atoms with van der Waals surface area (Å²) < 4.78 is 16.0. The second-order valence-corrected chi connectivity index (χ2v) is 4.99. The third-order valence-corrected chi connectivity index (χ3v) is 2.96. The maximum atomic E-state index is 11.3. The zero-order valence-corrected chi connectivity index (χ0v) is 14.5. The Bertz CT molecular complexity index is 300. The van der Waals surface area contributed by atoms with Gasteiger partial charge in [-0.05, 0) is 6.42 Å². The van der Waals surface area contributed by atoms with Crippen molar-refractivity contribution in [2.24, 2.45) is 0 Å². The molecule has 2 N–H and O–H groups in total. The number of ether oxygens (including phenoxy) is 3. The minimum atomic E-state index is 0.0311. The summed E-state index contributed by atoms with van der Waals surface area (Å²) in [5.41, 5.74) is 0. The fourth-order valence-corrected chi connectivity index (χ4v) is 1.62. The van der Waals surface area contributed by atoms with Crippen LogP contribution in [0.1, 0.15) is 39.5 Å². The summed E-state index contributed by atoms with van der Waals surface area (Å²) in [6.07, 6.45) is 3.03. The maximum absolute atomic E-state index is 11.3. The van der Waals surface area contributed by atoms with Crippen LogP contribution in [0.2, 0.25) is 0 Å². The fraction of sp³-hybridized carbons (Fsp3) is 0.875. The zero-order chi connectivity index (χ0) is 17.2. The molecule has 0 spiro atoms. The van der Waals surface area contributed by atoms with Crippen LogP contribution in [-0.4, -0.2) is 64.5 Å². The first kappa shape index (κ1) is 21.8. The molecule has 0 saturated heterocycles. The van der Waals surface area contributed by atoms with Gasteiger partial charge in [0.2, 0.25) is 11.8 Å². The molecule has 2 amide bonds. The van der Waals surface area contributed by atoms with E-state index >= 15 is 0 Å². The molecule has 7 heteroatoms. The van der Waals surface area contributed by atoms with Crippen LogP contribution in [0.5, 0.6) is 0 Å². The van der Waals surface area contributed by atoms with Crippen molar-refractivity contribution in [1.82, 2.24) is 10.6 Å². The second-order valence-electron chi connectivity index (χ2n) is 4.99. The van der Waals surface area contributed by atoms with Crippen molar-refractivity contribution in [3.63, 3.8) is 0 Å². The smallest absolute Gasteiger partial charge is 0.220 e. The number of hydrogen-bond acceptors (Lipinski definition) is 5. The van der Waals surface area contributed by atoms with E-state index in [4.69, 9.17) is 14.2 Å². The van der Waals surface area contributed by atoms with Gasteiger partial charge in [0.1, 0.15) is 0 Å². The second kappa shape index (κ2) is 17.2. The Morgan fingerprint density at radius 3 is 1.70 bits per heavy atom. The van der Waals surface area contributed by atoms with Gasteiger partial charge in [0.05, 0.1) is 39.6 Å². The molecular formula is C16H32N2O5. The van der Waals surface area contributed by atoms with E-state index in [2.05, 4.69) is 17.6 Å². The number of unbranched alkanes of at least 4 members (excludes halogenated alkanes) is 1. The molecule has 0 aliphatic heterocycles. The average Bonchev–Trinajstić information content (AvgIpc) is 2.56. The Morgan fingerprint density at radius 2 is 1.22 bits per heavy atom. The highest BCUT2D eigenvalue weighted by Gasteiger charge is 1.99. The molecule has 0 radical (unpaired) electrons. The lowest BCUT2D eigenvalue weighted by Gasteiger charge is -2.08. The Labute approximate surface area is 139 Å². The summed E-state index contributed by atoms with van der Waals surface area (Å²) >= 11 is 0. The van der Waals surface area contributed by atoms with E-state index in [0.717, 1.165) is 12.8 Å². The highest BCUT2D eigenvalue weighted by Crippen LogP contribution is 1.92. The highest BCUT2D eigenvalue weighted by atomic mass is 16.5. The summed E-state index contributed by atoms with van der Waals surface area (Å²) in [5, 5.41) is 5.53. The van der Waals surface area contributed by atoms with Crippen molar-refractivity contribution in [2.75, 3.05) is 52.7 Å². The molecule has 0 aliphatic carbocycles. The van der Waals surface area contributed by atoms with Crippen LogP contribution in [0.25, 0.3) is 0 Å². The van der Waals surface area contributed by atoms with Crippen LogP contribution in [0.3, 0.4) is 0 Å². The monoisotopic (exact) mass is 332 g/mol. The van der Waals surface area contributed by atoms with Crippen LogP contribution in [0.4, 0.5) is 0 Å². The molecule has 0 atom stereocenters. The van der Waals surface area contributed by atoms with Crippen molar-refractivity contribution in [1.29, 1.82) is 0 Å². The van der Waals surface area contributed by atoms with E-state index < -0.39 is 0 Å². The summed E-state index contributed by atoms with van der Waals surface area (Å²) in [5.74, 6) is 0.113. The van der Waals surface area contributed by atoms with Crippen molar-refractivity contribution in [3.8, 4) is 0 Å².